The molecule has 16 heavy (non-hydrogen) atoms. The molecule has 2 fully saturated rings. The molecule has 2 aliphatic rings. The predicted molar refractivity (Wildman–Crippen MR) is 62.1 cm³/mol. The Bertz CT molecular complexity index is 274. The van der Waals surface area contributed by atoms with E-state index >= 15 is 0 Å². The lowest BCUT2D eigenvalue weighted by Crippen LogP contribution is -2.51. The first-order valence-electron chi connectivity index (χ1n) is 6.03. The second-order valence-electron chi connectivity index (χ2n) is 5.71. The molecule has 0 aromatic heterocycles. The van der Waals surface area contributed by atoms with E-state index in [0.29, 0.717) is 11.8 Å². The van der Waals surface area contributed by atoms with Crippen molar-refractivity contribution in [3.8, 4) is 0 Å². The van der Waals surface area contributed by atoms with E-state index in [9.17, 15) is 4.79 Å². The molecule has 0 bridgehead atoms. The van der Waals surface area contributed by atoms with Crippen LogP contribution in [0, 0.1) is 17.3 Å². The van der Waals surface area contributed by atoms with E-state index in [1.165, 1.54) is 0 Å². The monoisotopic (exact) mass is 226 g/mol. The summed E-state index contributed by atoms with van der Waals surface area (Å²) < 4.78 is 5.24. The minimum Gasteiger partial charge on any atom is -0.384 e. The summed E-state index contributed by atoms with van der Waals surface area (Å²) in [6.07, 6.45) is 0. The van der Waals surface area contributed by atoms with Gasteiger partial charge in [-0.1, -0.05) is 13.8 Å². The van der Waals surface area contributed by atoms with Gasteiger partial charge in [0, 0.05) is 39.2 Å². The highest BCUT2D eigenvalue weighted by atomic mass is 16.5. The topological polar surface area (TPSA) is 41.6 Å². The average molecular weight is 226 g/mol. The van der Waals surface area contributed by atoms with Gasteiger partial charge in [0.15, 0.2) is 0 Å². The van der Waals surface area contributed by atoms with Crippen LogP contribution in [-0.4, -0.2) is 50.7 Å². The highest BCUT2D eigenvalue weighted by molar-refractivity contribution is 5.80. The number of ether oxygens (including phenoxy) is 1. The van der Waals surface area contributed by atoms with Crippen molar-refractivity contribution in [2.24, 2.45) is 17.3 Å². The highest BCUT2D eigenvalue weighted by Crippen LogP contribution is 2.36. The number of nitrogens with zero attached hydrogens (tertiary/aromatic N) is 1. The van der Waals surface area contributed by atoms with Gasteiger partial charge in [0.05, 0.1) is 12.5 Å². The molecule has 2 saturated heterocycles. The summed E-state index contributed by atoms with van der Waals surface area (Å²) in [5.41, 5.74) is 0.183. The van der Waals surface area contributed by atoms with E-state index in [2.05, 4.69) is 19.2 Å². The number of likely N-dealkylation sites (tertiary alicyclic amines) is 1. The SMILES string of the molecule is COCC1CN(C(=O)C2CNC2)CC1(C)C. The van der Waals surface area contributed by atoms with Gasteiger partial charge in [-0.25, -0.2) is 0 Å². The second kappa shape index (κ2) is 4.34. The molecule has 0 aromatic carbocycles. The minimum absolute atomic E-state index is 0.183. The lowest BCUT2D eigenvalue weighted by molar-refractivity contribution is -0.136. The van der Waals surface area contributed by atoms with Crippen molar-refractivity contribution in [2.45, 2.75) is 13.8 Å². The third-order valence-electron chi connectivity index (χ3n) is 3.95. The number of carbonyl (C=O) groups is 1. The Labute approximate surface area is 97.3 Å². The number of carbonyl (C=O) groups excluding carboxylic acids is 1. The van der Waals surface area contributed by atoms with E-state index in [-0.39, 0.29) is 11.3 Å². The molecule has 0 radical (unpaired) electrons. The maximum absolute atomic E-state index is 12.1. The van der Waals surface area contributed by atoms with Crippen molar-refractivity contribution >= 4 is 5.91 Å². The smallest absolute Gasteiger partial charge is 0.228 e. The van der Waals surface area contributed by atoms with E-state index in [0.717, 1.165) is 32.8 Å². The quantitative estimate of drug-likeness (QED) is 0.754. The van der Waals surface area contributed by atoms with Gasteiger partial charge in [-0.15, -0.1) is 0 Å². The molecule has 4 heteroatoms. The van der Waals surface area contributed by atoms with E-state index in [1.54, 1.807) is 7.11 Å². The van der Waals surface area contributed by atoms with Crippen LogP contribution in [0.5, 0.6) is 0 Å². The van der Waals surface area contributed by atoms with Gasteiger partial charge in [-0.05, 0) is 5.41 Å². The molecule has 1 amide bonds. The Morgan fingerprint density at radius 1 is 1.50 bits per heavy atom. The average Bonchev–Trinajstić information content (AvgIpc) is 2.40. The molecule has 0 saturated carbocycles. The summed E-state index contributed by atoms with van der Waals surface area (Å²) in [6.45, 7) is 8.63. The van der Waals surface area contributed by atoms with Crippen molar-refractivity contribution in [3.63, 3.8) is 0 Å². The number of nitrogens with one attached hydrogen (secondary N) is 1. The van der Waals surface area contributed by atoms with Crippen LogP contribution >= 0.6 is 0 Å². The summed E-state index contributed by atoms with van der Waals surface area (Å²) in [5.74, 6) is 1.01. The van der Waals surface area contributed by atoms with Crippen LogP contribution in [0.3, 0.4) is 0 Å². The first-order chi connectivity index (χ1) is 7.54. The van der Waals surface area contributed by atoms with Crippen molar-refractivity contribution in [1.82, 2.24) is 10.2 Å². The number of hydrogen-bond donors (Lipinski definition) is 1. The largest absolute Gasteiger partial charge is 0.384 e. The van der Waals surface area contributed by atoms with Crippen LogP contribution in [0.4, 0.5) is 0 Å². The van der Waals surface area contributed by atoms with Gasteiger partial charge in [-0.3, -0.25) is 4.79 Å². The first kappa shape index (κ1) is 11.9. The maximum Gasteiger partial charge on any atom is 0.228 e. The van der Waals surface area contributed by atoms with Crippen molar-refractivity contribution in [3.05, 3.63) is 0 Å². The molecule has 92 valence electrons. The molecular weight excluding hydrogens is 204 g/mol. The zero-order chi connectivity index (χ0) is 11.8. The number of hydrogen-bond acceptors (Lipinski definition) is 3. The van der Waals surface area contributed by atoms with Gasteiger partial charge in [0.1, 0.15) is 0 Å². The standard InChI is InChI=1S/C12H22N2O2/c1-12(2)8-14(6-10(12)7-16-3)11(15)9-4-13-5-9/h9-10,13H,4-8H2,1-3H3. The molecule has 1 N–H and O–H groups in total. The zero-order valence-electron chi connectivity index (χ0n) is 10.5. The lowest BCUT2D eigenvalue weighted by atomic mass is 9.83. The predicted octanol–water partition coefficient (Wildman–Crippen LogP) is 0.337. The van der Waals surface area contributed by atoms with Crippen LogP contribution in [-0.2, 0) is 9.53 Å². The molecule has 4 nitrogen and oxygen atoms in total. The number of methoxy groups -OCH3 is 1. The Balaban J connectivity index is 1.96. The van der Waals surface area contributed by atoms with Crippen LogP contribution in [0.15, 0.2) is 0 Å². The summed E-state index contributed by atoms with van der Waals surface area (Å²) in [5, 5.41) is 3.15. The molecule has 0 aromatic rings. The molecule has 1 atom stereocenters. The highest BCUT2D eigenvalue weighted by Gasteiger charge is 2.43. The molecular formula is C12H22N2O2. The van der Waals surface area contributed by atoms with Gasteiger partial charge >= 0.3 is 0 Å². The van der Waals surface area contributed by atoms with Crippen molar-refractivity contribution in [2.75, 3.05) is 39.9 Å². The first-order valence-corrected chi connectivity index (χ1v) is 6.03. The van der Waals surface area contributed by atoms with Crippen LogP contribution < -0.4 is 5.32 Å². The third-order valence-corrected chi connectivity index (χ3v) is 3.95. The van der Waals surface area contributed by atoms with Gasteiger partial charge < -0.3 is 15.0 Å². The lowest BCUT2D eigenvalue weighted by Gasteiger charge is -2.30. The normalized spacial score (nSPS) is 29.2. The number of rotatable bonds is 3. The van der Waals surface area contributed by atoms with Crippen LogP contribution in [0.25, 0.3) is 0 Å². The fraction of sp³-hybridized carbons (Fsp3) is 0.917. The fourth-order valence-electron chi connectivity index (χ4n) is 2.57. The Morgan fingerprint density at radius 2 is 2.19 bits per heavy atom. The van der Waals surface area contributed by atoms with Crippen molar-refractivity contribution < 1.29 is 9.53 Å². The molecule has 0 aliphatic carbocycles. The summed E-state index contributed by atoms with van der Waals surface area (Å²) in [7, 11) is 1.73. The van der Waals surface area contributed by atoms with Crippen LogP contribution in [0.1, 0.15) is 13.8 Å². The van der Waals surface area contributed by atoms with Gasteiger partial charge in [0.25, 0.3) is 0 Å². The molecule has 2 aliphatic heterocycles. The second-order valence-corrected chi connectivity index (χ2v) is 5.71. The molecule has 2 heterocycles. The Hall–Kier alpha value is -0.610. The van der Waals surface area contributed by atoms with E-state index in [1.807, 2.05) is 4.90 Å². The summed E-state index contributed by atoms with van der Waals surface area (Å²) in [4.78, 5) is 14.1. The molecule has 2 rings (SSSR count). The van der Waals surface area contributed by atoms with Crippen molar-refractivity contribution in [1.29, 1.82) is 0 Å². The van der Waals surface area contributed by atoms with Gasteiger partial charge in [0.2, 0.25) is 5.91 Å². The Morgan fingerprint density at radius 3 is 2.69 bits per heavy atom. The van der Waals surface area contributed by atoms with E-state index < -0.39 is 0 Å². The third kappa shape index (κ3) is 2.09. The zero-order valence-corrected chi connectivity index (χ0v) is 10.5. The van der Waals surface area contributed by atoms with Gasteiger partial charge in [-0.2, -0.15) is 0 Å². The number of amides is 1. The Kier molecular flexibility index (Phi) is 3.22. The summed E-state index contributed by atoms with van der Waals surface area (Å²) >= 11 is 0. The molecule has 0 spiro atoms. The minimum atomic E-state index is 0.183. The molecule has 1 unspecified atom stereocenters. The van der Waals surface area contributed by atoms with Crippen LogP contribution in [0.2, 0.25) is 0 Å². The fourth-order valence-corrected chi connectivity index (χ4v) is 2.57. The maximum atomic E-state index is 12.1. The summed E-state index contributed by atoms with van der Waals surface area (Å²) in [6, 6.07) is 0. The van der Waals surface area contributed by atoms with E-state index in [4.69, 9.17) is 4.74 Å².